The van der Waals surface area contributed by atoms with Crippen LogP contribution in [-0.2, 0) is 0 Å². The molecule has 1 rings (SSSR count). The Morgan fingerprint density at radius 2 is 2.11 bits per heavy atom. The van der Waals surface area contributed by atoms with E-state index in [0.717, 1.165) is 18.0 Å². The standard InChI is InChI=1S/C14H22N2O2S/c1-9(2)12-5-11(14(17)18)6-13(16-12)15-7-10(3)8-19-4/h5-6,9-10H,7-8H2,1-4H3,(H,15,16)(H,17,18). The first kappa shape index (κ1) is 15.8. The van der Waals surface area contributed by atoms with E-state index in [9.17, 15) is 4.79 Å². The van der Waals surface area contributed by atoms with Crippen molar-refractivity contribution in [1.82, 2.24) is 4.98 Å². The van der Waals surface area contributed by atoms with Gasteiger partial charge < -0.3 is 10.4 Å². The van der Waals surface area contributed by atoms with E-state index in [4.69, 9.17) is 5.11 Å². The Balaban J connectivity index is 2.84. The summed E-state index contributed by atoms with van der Waals surface area (Å²) < 4.78 is 0. The number of pyridine rings is 1. The number of rotatable bonds is 7. The molecule has 0 radical (unpaired) electrons. The van der Waals surface area contributed by atoms with Gasteiger partial charge in [0.2, 0.25) is 0 Å². The van der Waals surface area contributed by atoms with Crippen molar-refractivity contribution in [2.45, 2.75) is 26.7 Å². The molecule has 2 N–H and O–H groups in total. The quantitative estimate of drug-likeness (QED) is 0.803. The van der Waals surface area contributed by atoms with Gasteiger partial charge in [-0.1, -0.05) is 20.8 Å². The maximum Gasteiger partial charge on any atom is 0.335 e. The number of carbonyl (C=O) groups is 1. The van der Waals surface area contributed by atoms with Gasteiger partial charge >= 0.3 is 5.97 Å². The van der Waals surface area contributed by atoms with E-state index in [2.05, 4.69) is 23.5 Å². The molecule has 0 amide bonds. The predicted octanol–water partition coefficient (Wildman–Crippen LogP) is 3.31. The van der Waals surface area contributed by atoms with Crippen LogP contribution in [0.5, 0.6) is 0 Å². The minimum atomic E-state index is -0.912. The highest BCUT2D eigenvalue weighted by molar-refractivity contribution is 7.98. The molecule has 0 aliphatic carbocycles. The summed E-state index contributed by atoms with van der Waals surface area (Å²) in [6, 6.07) is 3.24. The number of carboxylic acids is 1. The van der Waals surface area contributed by atoms with Crippen molar-refractivity contribution in [3.8, 4) is 0 Å². The zero-order chi connectivity index (χ0) is 14.4. The molecule has 0 fully saturated rings. The Morgan fingerprint density at radius 3 is 2.63 bits per heavy atom. The molecule has 1 heterocycles. The third kappa shape index (κ3) is 5.11. The van der Waals surface area contributed by atoms with Gasteiger partial charge in [-0.25, -0.2) is 9.78 Å². The second-order valence-electron chi connectivity index (χ2n) is 5.07. The fourth-order valence-electron chi connectivity index (χ4n) is 1.68. The summed E-state index contributed by atoms with van der Waals surface area (Å²) in [5.74, 6) is 1.54. The maximum atomic E-state index is 11.1. The lowest BCUT2D eigenvalue weighted by atomic mass is 10.1. The maximum absolute atomic E-state index is 11.1. The number of nitrogens with zero attached hydrogens (tertiary/aromatic N) is 1. The smallest absolute Gasteiger partial charge is 0.335 e. The first-order valence-electron chi connectivity index (χ1n) is 6.42. The van der Waals surface area contributed by atoms with Crippen LogP contribution in [0.4, 0.5) is 5.82 Å². The van der Waals surface area contributed by atoms with Gasteiger partial charge in [0.1, 0.15) is 5.82 Å². The molecule has 19 heavy (non-hydrogen) atoms. The van der Waals surface area contributed by atoms with Crippen molar-refractivity contribution in [3.05, 3.63) is 23.4 Å². The number of hydrogen-bond acceptors (Lipinski definition) is 4. The molecular weight excluding hydrogens is 260 g/mol. The highest BCUT2D eigenvalue weighted by Gasteiger charge is 2.11. The second kappa shape index (κ2) is 7.38. The summed E-state index contributed by atoms with van der Waals surface area (Å²) in [5.41, 5.74) is 1.10. The minimum absolute atomic E-state index is 0.212. The largest absolute Gasteiger partial charge is 0.478 e. The first-order chi connectivity index (χ1) is 8.93. The van der Waals surface area contributed by atoms with Gasteiger partial charge in [-0.3, -0.25) is 0 Å². The molecule has 0 aliphatic rings. The van der Waals surface area contributed by atoms with Crippen LogP contribution in [0.15, 0.2) is 12.1 Å². The molecule has 1 unspecified atom stereocenters. The molecule has 0 bridgehead atoms. The van der Waals surface area contributed by atoms with E-state index in [1.54, 1.807) is 23.9 Å². The molecule has 0 saturated heterocycles. The van der Waals surface area contributed by atoms with E-state index in [0.29, 0.717) is 17.3 Å². The lowest BCUT2D eigenvalue weighted by molar-refractivity contribution is 0.0696. The number of nitrogens with one attached hydrogen (secondary N) is 1. The second-order valence-corrected chi connectivity index (χ2v) is 5.98. The molecule has 1 aromatic heterocycles. The SMILES string of the molecule is CSCC(C)CNc1cc(C(=O)O)cc(C(C)C)n1. The van der Waals surface area contributed by atoms with Crippen molar-refractivity contribution in [2.75, 3.05) is 23.9 Å². The average Bonchev–Trinajstić information content (AvgIpc) is 2.36. The molecule has 106 valence electrons. The van der Waals surface area contributed by atoms with E-state index in [1.807, 2.05) is 13.8 Å². The fourth-order valence-corrected chi connectivity index (χ4v) is 2.37. The van der Waals surface area contributed by atoms with Crippen LogP contribution in [0.3, 0.4) is 0 Å². The Bertz CT molecular complexity index is 435. The van der Waals surface area contributed by atoms with Gasteiger partial charge in [0, 0.05) is 12.2 Å². The van der Waals surface area contributed by atoms with Crippen LogP contribution < -0.4 is 5.32 Å². The van der Waals surface area contributed by atoms with Gasteiger partial charge in [-0.05, 0) is 36.0 Å². The van der Waals surface area contributed by atoms with Crippen molar-refractivity contribution >= 4 is 23.5 Å². The van der Waals surface area contributed by atoms with Gasteiger partial charge in [0.25, 0.3) is 0 Å². The van der Waals surface area contributed by atoms with Gasteiger partial charge in [-0.2, -0.15) is 11.8 Å². The van der Waals surface area contributed by atoms with Gasteiger partial charge in [-0.15, -0.1) is 0 Å². The zero-order valence-electron chi connectivity index (χ0n) is 11.9. The Labute approximate surface area is 119 Å². The number of hydrogen-bond donors (Lipinski definition) is 2. The predicted molar refractivity (Wildman–Crippen MR) is 81.3 cm³/mol. The summed E-state index contributed by atoms with van der Waals surface area (Å²) in [7, 11) is 0. The normalized spacial score (nSPS) is 12.5. The molecule has 0 spiro atoms. The highest BCUT2D eigenvalue weighted by Crippen LogP contribution is 2.18. The average molecular weight is 282 g/mol. The van der Waals surface area contributed by atoms with Gasteiger partial charge in [0.05, 0.1) is 5.56 Å². The fraction of sp³-hybridized carbons (Fsp3) is 0.571. The number of aromatic carboxylic acids is 1. The van der Waals surface area contributed by atoms with Crippen molar-refractivity contribution in [2.24, 2.45) is 5.92 Å². The summed E-state index contributed by atoms with van der Waals surface area (Å²) in [4.78, 5) is 15.6. The van der Waals surface area contributed by atoms with E-state index in [-0.39, 0.29) is 5.92 Å². The third-order valence-electron chi connectivity index (χ3n) is 2.77. The van der Waals surface area contributed by atoms with Crippen molar-refractivity contribution in [1.29, 1.82) is 0 Å². The molecule has 1 aromatic rings. The monoisotopic (exact) mass is 282 g/mol. The van der Waals surface area contributed by atoms with Crippen LogP contribution in [-0.4, -0.2) is 34.6 Å². The summed E-state index contributed by atoms with van der Waals surface area (Å²) >= 11 is 1.81. The lowest BCUT2D eigenvalue weighted by Crippen LogP contribution is -2.15. The number of carboxylic acid groups (broad SMARTS) is 1. The number of aromatic nitrogens is 1. The van der Waals surface area contributed by atoms with Crippen LogP contribution in [0.1, 0.15) is 42.7 Å². The lowest BCUT2D eigenvalue weighted by Gasteiger charge is -2.14. The minimum Gasteiger partial charge on any atom is -0.478 e. The van der Waals surface area contributed by atoms with Crippen molar-refractivity contribution in [3.63, 3.8) is 0 Å². The molecular formula is C14H22N2O2S. The van der Waals surface area contributed by atoms with Crippen molar-refractivity contribution < 1.29 is 9.90 Å². The summed E-state index contributed by atoms with van der Waals surface area (Å²) in [6.45, 7) is 6.98. The molecule has 0 saturated carbocycles. The summed E-state index contributed by atoms with van der Waals surface area (Å²) in [5, 5.41) is 12.4. The number of anilines is 1. The van der Waals surface area contributed by atoms with Crippen LogP contribution >= 0.6 is 11.8 Å². The van der Waals surface area contributed by atoms with Crippen LogP contribution in [0.25, 0.3) is 0 Å². The summed E-state index contributed by atoms with van der Waals surface area (Å²) in [6.07, 6.45) is 2.08. The zero-order valence-corrected chi connectivity index (χ0v) is 12.8. The Kier molecular flexibility index (Phi) is 6.15. The Hall–Kier alpha value is -1.23. The highest BCUT2D eigenvalue weighted by atomic mass is 32.2. The molecule has 4 nitrogen and oxygen atoms in total. The van der Waals surface area contributed by atoms with Crippen LogP contribution in [0.2, 0.25) is 0 Å². The molecule has 0 aliphatic heterocycles. The topological polar surface area (TPSA) is 62.2 Å². The molecule has 5 heteroatoms. The third-order valence-corrected chi connectivity index (χ3v) is 3.67. The van der Waals surface area contributed by atoms with Gasteiger partial charge in [0.15, 0.2) is 0 Å². The van der Waals surface area contributed by atoms with E-state index >= 15 is 0 Å². The van der Waals surface area contributed by atoms with E-state index in [1.165, 1.54) is 0 Å². The first-order valence-corrected chi connectivity index (χ1v) is 7.81. The molecule has 0 aromatic carbocycles. The van der Waals surface area contributed by atoms with Crippen LogP contribution in [0, 0.1) is 5.92 Å². The number of thioether (sulfide) groups is 1. The van der Waals surface area contributed by atoms with E-state index < -0.39 is 5.97 Å². The molecule has 1 atom stereocenters. The Morgan fingerprint density at radius 1 is 1.42 bits per heavy atom.